The van der Waals surface area contributed by atoms with Crippen LogP contribution in [0.15, 0.2) is 36.4 Å². The van der Waals surface area contributed by atoms with Gasteiger partial charge in [-0.25, -0.2) is 4.79 Å². The first kappa shape index (κ1) is 14.7. The molecule has 0 saturated carbocycles. The van der Waals surface area contributed by atoms with Crippen molar-refractivity contribution in [1.29, 1.82) is 0 Å². The van der Waals surface area contributed by atoms with E-state index in [0.717, 1.165) is 16.8 Å². The number of hydrogen-bond donors (Lipinski definition) is 2. The average Bonchev–Trinajstić information content (AvgIpc) is 2.37. The fraction of sp³-hybridized carbons (Fsp3) is 0.133. The summed E-state index contributed by atoms with van der Waals surface area (Å²) in [5, 5.41) is 6.45. The molecule has 0 radical (unpaired) electrons. The number of nitrogens with one attached hydrogen (secondary N) is 2. The normalized spacial score (nSPS) is 10.2. The van der Waals surface area contributed by atoms with Gasteiger partial charge in [-0.2, -0.15) is 0 Å². The van der Waals surface area contributed by atoms with Gasteiger partial charge in [-0.15, -0.1) is 0 Å². The van der Waals surface area contributed by atoms with Crippen LogP contribution in [0, 0.1) is 13.8 Å². The molecule has 0 fully saturated rings. The second kappa shape index (κ2) is 6.16. The smallest absolute Gasteiger partial charge is 0.307 e. The molecule has 2 N–H and O–H groups in total. The van der Waals surface area contributed by atoms with Gasteiger partial charge in [0.2, 0.25) is 0 Å². The number of halogens is 2. The molecule has 0 aromatic heterocycles. The van der Waals surface area contributed by atoms with Crippen molar-refractivity contribution in [3.05, 3.63) is 57.6 Å². The van der Waals surface area contributed by atoms with E-state index in [1.54, 1.807) is 18.2 Å². The zero-order chi connectivity index (χ0) is 14.7. The number of rotatable bonds is 2. The largest absolute Gasteiger partial charge is 0.323 e. The van der Waals surface area contributed by atoms with Crippen LogP contribution < -0.4 is 10.6 Å². The van der Waals surface area contributed by atoms with E-state index in [1.165, 1.54) is 0 Å². The summed E-state index contributed by atoms with van der Waals surface area (Å²) in [4.78, 5) is 12.0. The Bertz CT molecular complexity index is 636. The fourth-order valence-corrected chi connectivity index (χ4v) is 2.33. The summed E-state index contributed by atoms with van der Waals surface area (Å²) in [5.41, 5.74) is 3.32. The van der Waals surface area contributed by atoms with Crippen molar-refractivity contribution in [2.24, 2.45) is 0 Å². The lowest BCUT2D eigenvalue weighted by Crippen LogP contribution is -2.20. The highest BCUT2D eigenvalue weighted by Gasteiger charge is 2.09. The molecule has 0 aliphatic carbocycles. The standard InChI is InChI=1S/C15H14Cl2N2O/c1-9-4-3-5-10(2)14(9)19-15(20)18-13-7-6-11(16)8-12(13)17/h3-8H,1-2H3,(H2,18,19,20). The van der Waals surface area contributed by atoms with Crippen molar-refractivity contribution in [2.45, 2.75) is 13.8 Å². The summed E-state index contributed by atoms with van der Waals surface area (Å²) in [6, 6.07) is 10.4. The van der Waals surface area contributed by atoms with Crippen molar-refractivity contribution in [3.63, 3.8) is 0 Å². The molecule has 3 nitrogen and oxygen atoms in total. The summed E-state index contributed by atoms with van der Waals surface area (Å²) >= 11 is 11.8. The zero-order valence-electron chi connectivity index (χ0n) is 11.1. The van der Waals surface area contributed by atoms with Gasteiger partial charge < -0.3 is 10.6 Å². The highest BCUT2D eigenvalue weighted by atomic mass is 35.5. The molecule has 0 spiro atoms. The Hall–Kier alpha value is -1.71. The Morgan fingerprint density at radius 2 is 1.65 bits per heavy atom. The van der Waals surface area contributed by atoms with Gasteiger partial charge in [-0.1, -0.05) is 41.4 Å². The monoisotopic (exact) mass is 308 g/mol. The molecule has 0 unspecified atom stereocenters. The highest BCUT2D eigenvalue weighted by Crippen LogP contribution is 2.26. The average molecular weight is 309 g/mol. The van der Waals surface area contributed by atoms with Crippen molar-refractivity contribution >= 4 is 40.6 Å². The van der Waals surface area contributed by atoms with Crippen LogP contribution in [0.2, 0.25) is 10.0 Å². The van der Waals surface area contributed by atoms with Gasteiger partial charge in [0.05, 0.1) is 10.7 Å². The minimum atomic E-state index is -0.341. The maximum Gasteiger partial charge on any atom is 0.323 e. The predicted octanol–water partition coefficient (Wildman–Crippen LogP) is 5.25. The van der Waals surface area contributed by atoms with Crippen LogP contribution >= 0.6 is 23.2 Å². The van der Waals surface area contributed by atoms with Gasteiger partial charge in [0.25, 0.3) is 0 Å². The van der Waals surface area contributed by atoms with Crippen LogP contribution in [-0.4, -0.2) is 6.03 Å². The Labute approximate surface area is 127 Å². The lowest BCUT2D eigenvalue weighted by Gasteiger charge is -2.13. The molecule has 2 amide bonds. The first-order valence-electron chi connectivity index (χ1n) is 6.06. The van der Waals surface area contributed by atoms with Gasteiger partial charge in [0.15, 0.2) is 0 Å². The summed E-state index contributed by atoms with van der Waals surface area (Å²) in [7, 11) is 0. The minimum absolute atomic E-state index is 0.341. The number of hydrogen-bond acceptors (Lipinski definition) is 1. The van der Waals surface area contributed by atoms with Crippen LogP contribution in [0.25, 0.3) is 0 Å². The molecule has 5 heteroatoms. The number of carbonyl (C=O) groups is 1. The fourth-order valence-electron chi connectivity index (χ4n) is 1.87. The molecule has 0 atom stereocenters. The Morgan fingerprint density at radius 3 is 2.25 bits per heavy atom. The van der Waals surface area contributed by atoms with Crippen LogP contribution in [-0.2, 0) is 0 Å². The molecule has 20 heavy (non-hydrogen) atoms. The number of carbonyl (C=O) groups excluding carboxylic acids is 1. The predicted molar refractivity (Wildman–Crippen MR) is 85.0 cm³/mol. The third-order valence-corrected chi connectivity index (χ3v) is 3.45. The molecule has 2 aromatic rings. The first-order chi connectivity index (χ1) is 9.47. The Kier molecular flexibility index (Phi) is 4.53. The van der Waals surface area contributed by atoms with E-state index in [0.29, 0.717) is 15.7 Å². The lowest BCUT2D eigenvalue weighted by atomic mass is 10.1. The van der Waals surface area contributed by atoms with Crippen LogP contribution in [0.1, 0.15) is 11.1 Å². The topological polar surface area (TPSA) is 41.1 Å². The molecule has 2 aromatic carbocycles. The third kappa shape index (κ3) is 3.44. The van der Waals surface area contributed by atoms with Gasteiger partial charge in [0.1, 0.15) is 0 Å². The Balaban J connectivity index is 2.13. The third-order valence-electron chi connectivity index (χ3n) is 2.90. The number of aryl methyl sites for hydroxylation is 2. The van der Waals surface area contributed by atoms with Gasteiger partial charge in [-0.3, -0.25) is 0 Å². The summed E-state index contributed by atoms with van der Waals surface area (Å²) in [5.74, 6) is 0. The summed E-state index contributed by atoms with van der Waals surface area (Å²) in [6.07, 6.45) is 0. The molecule has 2 rings (SSSR count). The maximum atomic E-state index is 12.0. The molecular formula is C15H14Cl2N2O. The number of anilines is 2. The van der Waals surface area contributed by atoms with Gasteiger partial charge in [-0.05, 0) is 43.2 Å². The molecular weight excluding hydrogens is 295 g/mol. The van der Waals surface area contributed by atoms with E-state index in [9.17, 15) is 4.79 Å². The van der Waals surface area contributed by atoms with Crippen molar-refractivity contribution in [2.75, 3.05) is 10.6 Å². The van der Waals surface area contributed by atoms with E-state index < -0.39 is 0 Å². The van der Waals surface area contributed by atoms with E-state index in [2.05, 4.69) is 10.6 Å². The number of urea groups is 1. The quantitative estimate of drug-likeness (QED) is 0.781. The SMILES string of the molecule is Cc1cccc(C)c1NC(=O)Nc1ccc(Cl)cc1Cl. The van der Waals surface area contributed by atoms with E-state index in [-0.39, 0.29) is 6.03 Å². The van der Waals surface area contributed by atoms with Crippen molar-refractivity contribution in [3.8, 4) is 0 Å². The van der Waals surface area contributed by atoms with E-state index in [1.807, 2.05) is 32.0 Å². The van der Waals surface area contributed by atoms with Crippen LogP contribution in [0.5, 0.6) is 0 Å². The minimum Gasteiger partial charge on any atom is -0.307 e. The molecule has 0 heterocycles. The highest BCUT2D eigenvalue weighted by molar-refractivity contribution is 6.36. The maximum absolute atomic E-state index is 12.0. The number of amides is 2. The number of para-hydroxylation sites is 1. The summed E-state index contributed by atoms with van der Waals surface area (Å²) in [6.45, 7) is 3.88. The second-order valence-electron chi connectivity index (χ2n) is 4.47. The van der Waals surface area contributed by atoms with E-state index in [4.69, 9.17) is 23.2 Å². The zero-order valence-corrected chi connectivity index (χ0v) is 12.6. The Morgan fingerprint density at radius 1 is 1.00 bits per heavy atom. The van der Waals surface area contributed by atoms with Crippen molar-refractivity contribution in [1.82, 2.24) is 0 Å². The molecule has 0 aliphatic heterocycles. The summed E-state index contributed by atoms with van der Waals surface area (Å²) < 4.78 is 0. The molecule has 0 aliphatic rings. The van der Waals surface area contributed by atoms with Gasteiger partial charge in [0, 0.05) is 10.7 Å². The molecule has 0 bridgehead atoms. The second-order valence-corrected chi connectivity index (χ2v) is 5.31. The van der Waals surface area contributed by atoms with Crippen molar-refractivity contribution < 1.29 is 4.79 Å². The van der Waals surface area contributed by atoms with Crippen LogP contribution in [0.4, 0.5) is 16.2 Å². The van der Waals surface area contributed by atoms with Gasteiger partial charge >= 0.3 is 6.03 Å². The molecule has 0 saturated heterocycles. The van der Waals surface area contributed by atoms with Crippen LogP contribution in [0.3, 0.4) is 0 Å². The lowest BCUT2D eigenvalue weighted by molar-refractivity contribution is 0.262. The molecule has 104 valence electrons. The first-order valence-corrected chi connectivity index (χ1v) is 6.82. The van der Waals surface area contributed by atoms with E-state index >= 15 is 0 Å². The number of benzene rings is 2.